The average Bonchev–Trinajstić information content (AvgIpc) is 2.79. The Balaban J connectivity index is 1.95. The molecule has 2 aliphatic rings. The van der Waals surface area contributed by atoms with Gasteiger partial charge in [-0.25, -0.2) is 0 Å². The third-order valence-electron chi connectivity index (χ3n) is 3.01. The molecule has 1 aromatic heterocycles. The molecular weight excluding hydrogens is 164 g/mol. The second-order valence-electron chi connectivity index (χ2n) is 3.88. The van der Waals surface area contributed by atoms with Crippen molar-refractivity contribution in [2.24, 2.45) is 0 Å². The van der Waals surface area contributed by atoms with Gasteiger partial charge in [-0.05, 0) is 25.8 Å². The van der Waals surface area contributed by atoms with Crippen LogP contribution in [0.25, 0.3) is 0 Å². The molecule has 2 aliphatic heterocycles. The maximum atomic E-state index is 4.27. The minimum atomic E-state index is 0.472. The predicted octanol–water partition coefficient (Wildman–Crippen LogP) is 0.649. The maximum Gasteiger partial charge on any atom is 0.150 e. The number of aromatic nitrogens is 3. The maximum absolute atomic E-state index is 4.27. The van der Waals surface area contributed by atoms with Crippen LogP contribution in [0.1, 0.15) is 37.0 Å². The van der Waals surface area contributed by atoms with E-state index in [-0.39, 0.29) is 0 Å². The first-order valence-corrected chi connectivity index (χ1v) is 5.10. The summed E-state index contributed by atoms with van der Waals surface area (Å²) in [6.07, 6.45) is 4.84. The van der Waals surface area contributed by atoms with Crippen molar-refractivity contribution < 1.29 is 0 Å². The molecule has 1 saturated heterocycles. The third-order valence-corrected chi connectivity index (χ3v) is 3.01. The van der Waals surface area contributed by atoms with Gasteiger partial charge in [-0.3, -0.25) is 0 Å². The van der Waals surface area contributed by atoms with Crippen LogP contribution >= 0.6 is 0 Å². The zero-order chi connectivity index (χ0) is 8.67. The first kappa shape index (κ1) is 7.50. The number of fused-ring (bicyclic) bond motifs is 1. The highest BCUT2D eigenvalue weighted by molar-refractivity contribution is 5.06. The molecule has 4 nitrogen and oxygen atoms in total. The standard InChI is InChI=1S/C9H14N4/c1-3-7(10-5-1)9-12-11-8-4-2-6-13(8)9/h7,10H,1-6H2. The Morgan fingerprint density at radius 3 is 3.15 bits per heavy atom. The van der Waals surface area contributed by atoms with E-state index in [4.69, 9.17) is 0 Å². The quantitative estimate of drug-likeness (QED) is 0.686. The van der Waals surface area contributed by atoms with Gasteiger partial charge in [0.15, 0.2) is 0 Å². The first-order valence-electron chi connectivity index (χ1n) is 5.10. The lowest BCUT2D eigenvalue weighted by Gasteiger charge is -2.09. The number of hydrogen-bond acceptors (Lipinski definition) is 3. The van der Waals surface area contributed by atoms with Crippen molar-refractivity contribution in [1.29, 1.82) is 0 Å². The van der Waals surface area contributed by atoms with Crippen LogP contribution in [-0.4, -0.2) is 21.3 Å². The molecule has 0 amide bonds. The van der Waals surface area contributed by atoms with Crippen LogP contribution in [-0.2, 0) is 13.0 Å². The molecule has 3 rings (SSSR count). The molecule has 13 heavy (non-hydrogen) atoms. The fourth-order valence-corrected chi connectivity index (χ4v) is 2.34. The molecule has 4 heteroatoms. The summed E-state index contributed by atoms with van der Waals surface area (Å²) >= 11 is 0. The molecule has 1 aromatic rings. The van der Waals surface area contributed by atoms with E-state index in [9.17, 15) is 0 Å². The van der Waals surface area contributed by atoms with E-state index < -0.39 is 0 Å². The van der Waals surface area contributed by atoms with Crippen molar-refractivity contribution in [3.63, 3.8) is 0 Å². The largest absolute Gasteiger partial charge is 0.314 e. The molecule has 1 fully saturated rings. The van der Waals surface area contributed by atoms with E-state index in [0.29, 0.717) is 6.04 Å². The summed E-state index contributed by atoms with van der Waals surface area (Å²) in [5.74, 6) is 2.36. The van der Waals surface area contributed by atoms with Crippen molar-refractivity contribution in [2.45, 2.75) is 38.3 Å². The van der Waals surface area contributed by atoms with Gasteiger partial charge in [0.25, 0.3) is 0 Å². The SMILES string of the molecule is C1CNC(c2nnc3n2CCC3)C1. The number of aryl methyl sites for hydroxylation is 1. The average molecular weight is 178 g/mol. The highest BCUT2D eigenvalue weighted by atomic mass is 15.3. The van der Waals surface area contributed by atoms with Gasteiger partial charge in [0.2, 0.25) is 0 Å². The van der Waals surface area contributed by atoms with Gasteiger partial charge in [0.1, 0.15) is 11.6 Å². The summed E-state index contributed by atoms with van der Waals surface area (Å²) in [6.45, 7) is 2.25. The van der Waals surface area contributed by atoms with E-state index in [1.165, 1.54) is 30.9 Å². The van der Waals surface area contributed by atoms with Crippen LogP contribution in [0.4, 0.5) is 0 Å². The Morgan fingerprint density at radius 1 is 1.31 bits per heavy atom. The molecule has 0 aromatic carbocycles. The summed E-state index contributed by atoms with van der Waals surface area (Å²) in [4.78, 5) is 0. The lowest BCUT2D eigenvalue weighted by atomic mass is 10.2. The van der Waals surface area contributed by atoms with Crippen molar-refractivity contribution in [1.82, 2.24) is 20.1 Å². The molecule has 1 atom stereocenters. The van der Waals surface area contributed by atoms with E-state index in [1.54, 1.807) is 0 Å². The van der Waals surface area contributed by atoms with E-state index >= 15 is 0 Å². The fourth-order valence-electron chi connectivity index (χ4n) is 2.34. The highest BCUT2D eigenvalue weighted by Gasteiger charge is 2.25. The minimum Gasteiger partial charge on any atom is -0.314 e. The normalized spacial score (nSPS) is 26.6. The van der Waals surface area contributed by atoms with Crippen LogP contribution in [0.15, 0.2) is 0 Å². The number of nitrogens with one attached hydrogen (secondary N) is 1. The van der Waals surface area contributed by atoms with Crippen molar-refractivity contribution >= 4 is 0 Å². The van der Waals surface area contributed by atoms with Gasteiger partial charge >= 0.3 is 0 Å². The van der Waals surface area contributed by atoms with Gasteiger partial charge in [-0.2, -0.15) is 0 Å². The van der Waals surface area contributed by atoms with Crippen molar-refractivity contribution in [3.05, 3.63) is 11.6 Å². The molecule has 0 aliphatic carbocycles. The minimum absolute atomic E-state index is 0.472. The van der Waals surface area contributed by atoms with Gasteiger partial charge in [0, 0.05) is 13.0 Å². The predicted molar refractivity (Wildman–Crippen MR) is 48.3 cm³/mol. The molecule has 0 spiro atoms. The van der Waals surface area contributed by atoms with Gasteiger partial charge < -0.3 is 9.88 Å². The Labute approximate surface area is 77.4 Å². The first-order chi connectivity index (χ1) is 6.45. The lowest BCUT2D eigenvalue weighted by Crippen LogP contribution is -2.17. The molecule has 1 N–H and O–H groups in total. The number of rotatable bonds is 1. The number of nitrogens with zero attached hydrogens (tertiary/aromatic N) is 3. The van der Waals surface area contributed by atoms with Crippen LogP contribution in [0.2, 0.25) is 0 Å². The summed E-state index contributed by atoms with van der Waals surface area (Å²) in [6, 6.07) is 0.472. The second kappa shape index (κ2) is 2.80. The second-order valence-corrected chi connectivity index (χ2v) is 3.88. The van der Waals surface area contributed by atoms with Crippen LogP contribution < -0.4 is 5.32 Å². The van der Waals surface area contributed by atoms with E-state index in [0.717, 1.165) is 19.5 Å². The summed E-state index contributed by atoms with van der Waals surface area (Å²) in [5.41, 5.74) is 0. The molecule has 0 bridgehead atoms. The zero-order valence-electron chi connectivity index (χ0n) is 7.66. The third kappa shape index (κ3) is 1.09. The molecule has 3 heterocycles. The van der Waals surface area contributed by atoms with E-state index in [2.05, 4.69) is 20.1 Å². The van der Waals surface area contributed by atoms with Gasteiger partial charge in [-0.1, -0.05) is 0 Å². The zero-order valence-corrected chi connectivity index (χ0v) is 7.66. The molecule has 70 valence electrons. The molecule has 0 saturated carbocycles. The molecule has 1 unspecified atom stereocenters. The summed E-state index contributed by atoms with van der Waals surface area (Å²) in [7, 11) is 0. The summed E-state index contributed by atoms with van der Waals surface area (Å²) in [5, 5.41) is 11.9. The van der Waals surface area contributed by atoms with Crippen LogP contribution in [0.3, 0.4) is 0 Å². The Kier molecular flexibility index (Phi) is 1.62. The summed E-state index contributed by atoms with van der Waals surface area (Å²) < 4.78 is 2.29. The Bertz CT molecular complexity index is 311. The van der Waals surface area contributed by atoms with Gasteiger partial charge in [0.05, 0.1) is 6.04 Å². The highest BCUT2D eigenvalue weighted by Crippen LogP contribution is 2.24. The van der Waals surface area contributed by atoms with Crippen molar-refractivity contribution in [2.75, 3.05) is 6.54 Å². The van der Waals surface area contributed by atoms with Crippen LogP contribution in [0.5, 0.6) is 0 Å². The van der Waals surface area contributed by atoms with E-state index in [1.807, 2.05) is 0 Å². The monoisotopic (exact) mass is 178 g/mol. The van der Waals surface area contributed by atoms with Crippen molar-refractivity contribution in [3.8, 4) is 0 Å². The smallest absolute Gasteiger partial charge is 0.150 e. The molecule has 0 radical (unpaired) electrons. The topological polar surface area (TPSA) is 42.7 Å². The Morgan fingerprint density at radius 2 is 2.31 bits per heavy atom. The molecular formula is C9H14N4. The van der Waals surface area contributed by atoms with Gasteiger partial charge in [-0.15, -0.1) is 10.2 Å². The Hall–Kier alpha value is -0.900. The van der Waals surface area contributed by atoms with Crippen LogP contribution in [0, 0.1) is 0 Å². The lowest BCUT2D eigenvalue weighted by molar-refractivity contribution is 0.556. The fraction of sp³-hybridized carbons (Fsp3) is 0.778. The number of hydrogen-bond donors (Lipinski definition) is 1.